The summed E-state index contributed by atoms with van der Waals surface area (Å²) in [4.78, 5) is 20.5. The van der Waals surface area contributed by atoms with Crippen LogP contribution in [0.3, 0.4) is 0 Å². The van der Waals surface area contributed by atoms with Gasteiger partial charge in [0.1, 0.15) is 5.82 Å². The number of nitrogens with two attached hydrogens (primary N) is 1. The number of anilines is 2. The first-order chi connectivity index (χ1) is 13.9. The van der Waals surface area contributed by atoms with E-state index in [1.165, 1.54) is 12.1 Å². The van der Waals surface area contributed by atoms with Crippen molar-refractivity contribution >= 4 is 47.2 Å². The lowest BCUT2D eigenvalue weighted by Gasteiger charge is -2.36. The summed E-state index contributed by atoms with van der Waals surface area (Å²) >= 11 is 0. The summed E-state index contributed by atoms with van der Waals surface area (Å²) in [5.74, 6) is 0.252. The number of nitrogens with one attached hydrogen (secondary N) is 1. The van der Waals surface area contributed by atoms with Gasteiger partial charge in [0.2, 0.25) is 5.91 Å². The molecule has 0 bridgehead atoms. The van der Waals surface area contributed by atoms with Crippen LogP contribution in [0.25, 0.3) is 0 Å². The van der Waals surface area contributed by atoms with E-state index in [1.54, 1.807) is 12.1 Å². The van der Waals surface area contributed by atoms with Gasteiger partial charge in [0, 0.05) is 43.5 Å². The van der Waals surface area contributed by atoms with Crippen molar-refractivity contribution in [1.82, 2.24) is 4.90 Å². The molecule has 1 fully saturated rings. The third-order valence-corrected chi connectivity index (χ3v) is 4.96. The van der Waals surface area contributed by atoms with Crippen LogP contribution in [-0.2, 0) is 11.3 Å². The fraction of sp³-hybridized carbons (Fsp3) is 0.364. The van der Waals surface area contributed by atoms with Crippen molar-refractivity contribution in [2.24, 2.45) is 16.6 Å². The fourth-order valence-corrected chi connectivity index (χ4v) is 3.10. The number of rotatable bonds is 5. The van der Waals surface area contributed by atoms with Crippen LogP contribution in [0, 0.1) is 11.7 Å². The Labute approximate surface area is 194 Å². The van der Waals surface area contributed by atoms with Crippen molar-refractivity contribution in [2.45, 2.75) is 20.4 Å². The Morgan fingerprint density at radius 1 is 1.07 bits per heavy atom. The summed E-state index contributed by atoms with van der Waals surface area (Å²) in [7, 11) is 0. The van der Waals surface area contributed by atoms with Crippen LogP contribution in [0.2, 0.25) is 0 Å². The monoisotopic (exact) mass is 525 g/mol. The van der Waals surface area contributed by atoms with E-state index in [9.17, 15) is 9.18 Å². The smallest absolute Gasteiger partial charge is 0.226 e. The number of halogens is 2. The molecule has 0 aliphatic carbocycles. The second-order valence-corrected chi connectivity index (χ2v) is 7.47. The fourth-order valence-electron chi connectivity index (χ4n) is 3.10. The molecule has 2 aromatic carbocycles. The average molecular weight is 525 g/mol. The molecule has 0 radical (unpaired) electrons. The molecule has 8 heteroatoms. The van der Waals surface area contributed by atoms with Gasteiger partial charge in [0.25, 0.3) is 0 Å². The van der Waals surface area contributed by atoms with Crippen LogP contribution in [0.4, 0.5) is 15.8 Å². The van der Waals surface area contributed by atoms with Crippen molar-refractivity contribution in [1.29, 1.82) is 0 Å². The first-order valence-electron chi connectivity index (χ1n) is 9.87. The van der Waals surface area contributed by atoms with Gasteiger partial charge >= 0.3 is 0 Å². The highest BCUT2D eigenvalue weighted by Crippen LogP contribution is 2.17. The molecule has 1 aliphatic rings. The Kier molecular flexibility index (Phi) is 8.88. The molecule has 1 amide bonds. The Hall–Kier alpha value is -2.36. The molecule has 0 spiro atoms. The number of aliphatic imine (C=N–C) groups is 1. The van der Waals surface area contributed by atoms with Crippen LogP contribution >= 0.6 is 24.0 Å². The number of carbonyl (C=O) groups excluding carboxylic acids is 1. The highest BCUT2D eigenvalue weighted by Gasteiger charge is 2.18. The standard InChI is InChI=1S/C22H28FN5O.HI/c1-16(2)21(29)26-19-7-3-17(4-8-19)15-25-22(24)28-13-11-27(12-14-28)20-9-5-18(23)6-10-20;/h3-10,16H,11-15H2,1-2H3,(H2,24,25)(H,26,29);1H. The summed E-state index contributed by atoms with van der Waals surface area (Å²) in [6.45, 7) is 7.38. The topological polar surface area (TPSA) is 74.0 Å². The number of piperazine rings is 1. The molecule has 3 N–H and O–H groups in total. The molecule has 0 unspecified atom stereocenters. The average Bonchev–Trinajstić information content (AvgIpc) is 2.73. The number of guanidine groups is 1. The van der Waals surface area contributed by atoms with Crippen LogP contribution < -0.4 is 16.0 Å². The van der Waals surface area contributed by atoms with Gasteiger partial charge in [-0.15, -0.1) is 24.0 Å². The van der Waals surface area contributed by atoms with Crippen molar-refractivity contribution in [3.05, 3.63) is 59.9 Å². The predicted octanol–water partition coefficient (Wildman–Crippen LogP) is 3.68. The molecule has 3 rings (SSSR count). The molecular formula is C22H29FIN5O. The molecule has 0 aromatic heterocycles. The van der Waals surface area contributed by atoms with Crippen LogP contribution in [0.1, 0.15) is 19.4 Å². The summed E-state index contributed by atoms with van der Waals surface area (Å²) in [6.07, 6.45) is 0. The molecule has 2 aromatic rings. The lowest BCUT2D eigenvalue weighted by molar-refractivity contribution is -0.118. The molecule has 0 saturated carbocycles. The van der Waals surface area contributed by atoms with Gasteiger partial charge in [0.15, 0.2) is 5.96 Å². The van der Waals surface area contributed by atoms with Crippen molar-refractivity contribution in [3.8, 4) is 0 Å². The third-order valence-electron chi connectivity index (χ3n) is 4.96. The largest absolute Gasteiger partial charge is 0.370 e. The quantitative estimate of drug-likeness (QED) is 0.355. The minimum atomic E-state index is -0.223. The van der Waals surface area contributed by atoms with E-state index in [0.717, 1.165) is 43.1 Å². The minimum absolute atomic E-state index is 0. The van der Waals surface area contributed by atoms with Crippen molar-refractivity contribution in [2.75, 3.05) is 36.4 Å². The summed E-state index contributed by atoms with van der Waals surface area (Å²) in [5.41, 5.74) is 9.01. The zero-order valence-electron chi connectivity index (χ0n) is 17.3. The SMILES string of the molecule is CC(C)C(=O)Nc1ccc(CN=C(N)N2CCN(c3ccc(F)cc3)CC2)cc1.I. The number of benzene rings is 2. The van der Waals surface area contributed by atoms with Gasteiger partial charge in [-0.25, -0.2) is 9.38 Å². The minimum Gasteiger partial charge on any atom is -0.370 e. The van der Waals surface area contributed by atoms with Gasteiger partial charge in [-0.1, -0.05) is 26.0 Å². The third kappa shape index (κ3) is 6.58. The maximum absolute atomic E-state index is 13.1. The Morgan fingerprint density at radius 3 is 2.23 bits per heavy atom. The zero-order valence-corrected chi connectivity index (χ0v) is 19.7. The van der Waals surface area contributed by atoms with E-state index in [0.29, 0.717) is 12.5 Å². The normalized spacial score (nSPS) is 14.5. The van der Waals surface area contributed by atoms with Gasteiger partial charge in [-0.3, -0.25) is 4.79 Å². The van der Waals surface area contributed by atoms with Gasteiger partial charge in [-0.2, -0.15) is 0 Å². The summed E-state index contributed by atoms with van der Waals surface area (Å²) in [6, 6.07) is 14.2. The zero-order chi connectivity index (χ0) is 20.8. The Balaban J connectivity index is 0.00000320. The molecular weight excluding hydrogens is 496 g/mol. The molecule has 162 valence electrons. The highest BCUT2D eigenvalue weighted by atomic mass is 127. The van der Waals surface area contributed by atoms with Crippen molar-refractivity contribution in [3.63, 3.8) is 0 Å². The van der Waals surface area contributed by atoms with Gasteiger partial charge < -0.3 is 20.9 Å². The van der Waals surface area contributed by atoms with E-state index in [-0.39, 0.29) is 41.6 Å². The molecule has 0 atom stereocenters. The molecule has 1 aliphatic heterocycles. The van der Waals surface area contributed by atoms with E-state index in [1.807, 2.05) is 38.1 Å². The van der Waals surface area contributed by atoms with Gasteiger partial charge in [-0.05, 0) is 42.0 Å². The maximum Gasteiger partial charge on any atom is 0.226 e. The van der Waals surface area contributed by atoms with Crippen molar-refractivity contribution < 1.29 is 9.18 Å². The number of nitrogens with zero attached hydrogens (tertiary/aromatic N) is 3. The first-order valence-corrected chi connectivity index (χ1v) is 9.87. The number of hydrogen-bond acceptors (Lipinski definition) is 3. The second-order valence-electron chi connectivity index (χ2n) is 7.47. The van der Waals surface area contributed by atoms with Crippen LogP contribution in [0.5, 0.6) is 0 Å². The second kappa shape index (κ2) is 11.1. The van der Waals surface area contributed by atoms with E-state index in [4.69, 9.17) is 5.73 Å². The Bertz CT molecular complexity index is 847. The number of amides is 1. The molecule has 1 heterocycles. The van der Waals surface area contributed by atoms with Gasteiger partial charge in [0.05, 0.1) is 6.54 Å². The van der Waals surface area contributed by atoms with E-state index in [2.05, 4.69) is 20.1 Å². The lowest BCUT2D eigenvalue weighted by atomic mass is 10.1. The molecule has 6 nitrogen and oxygen atoms in total. The lowest BCUT2D eigenvalue weighted by Crippen LogP contribution is -2.51. The van der Waals surface area contributed by atoms with Crippen LogP contribution in [0.15, 0.2) is 53.5 Å². The molecule has 30 heavy (non-hydrogen) atoms. The van der Waals surface area contributed by atoms with E-state index < -0.39 is 0 Å². The first kappa shape index (κ1) is 23.9. The number of hydrogen-bond donors (Lipinski definition) is 2. The predicted molar refractivity (Wildman–Crippen MR) is 131 cm³/mol. The van der Waals surface area contributed by atoms with Crippen LogP contribution in [-0.4, -0.2) is 42.9 Å². The number of carbonyl (C=O) groups is 1. The van der Waals surface area contributed by atoms with E-state index >= 15 is 0 Å². The summed E-state index contributed by atoms with van der Waals surface area (Å²) < 4.78 is 13.1. The Morgan fingerprint density at radius 2 is 1.67 bits per heavy atom. The maximum atomic E-state index is 13.1. The summed E-state index contributed by atoms with van der Waals surface area (Å²) in [5, 5.41) is 2.87. The molecule has 1 saturated heterocycles. The highest BCUT2D eigenvalue weighted by molar-refractivity contribution is 14.0.